The molecular formula is C13H18FNO. The van der Waals surface area contributed by atoms with E-state index in [2.05, 4.69) is 0 Å². The molecule has 0 bridgehead atoms. The average Bonchev–Trinajstić information content (AvgIpc) is 2.14. The van der Waals surface area contributed by atoms with Crippen molar-refractivity contribution in [3.05, 3.63) is 35.6 Å². The van der Waals surface area contributed by atoms with Crippen molar-refractivity contribution in [2.75, 3.05) is 0 Å². The van der Waals surface area contributed by atoms with E-state index < -0.39 is 16.8 Å². The summed E-state index contributed by atoms with van der Waals surface area (Å²) in [6, 6.07) is 5.70. The number of carbonyl (C=O) groups is 1. The number of nitrogens with two attached hydrogens (primary N) is 1. The van der Waals surface area contributed by atoms with Gasteiger partial charge >= 0.3 is 0 Å². The lowest BCUT2D eigenvalue weighted by Crippen LogP contribution is -2.51. The Kier molecular flexibility index (Phi) is 3.20. The molecule has 0 atom stereocenters. The van der Waals surface area contributed by atoms with Crippen LogP contribution in [-0.4, -0.2) is 11.3 Å². The van der Waals surface area contributed by atoms with Crippen molar-refractivity contribution in [2.45, 2.75) is 33.2 Å². The van der Waals surface area contributed by atoms with Crippen LogP contribution in [0.2, 0.25) is 0 Å². The summed E-state index contributed by atoms with van der Waals surface area (Å²) in [6.07, 6.45) is 0. The Morgan fingerprint density at radius 3 is 2.25 bits per heavy atom. The van der Waals surface area contributed by atoms with Crippen LogP contribution in [0.3, 0.4) is 0 Å². The first kappa shape index (κ1) is 12.8. The second kappa shape index (κ2) is 3.98. The molecule has 1 rings (SSSR count). The molecule has 0 saturated heterocycles. The number of hydrogen-bond acceptors (Lipinski definition) is 2. The molecule has 0 aliphatic carbocycles. The third kappa shape index (κ3) is 2.30. The van der Waals surface area contributed by atoms with E-state index in [0.717, 1.165) is 0 Å². The van der Waals surface area contributed by atoms with Crippen molar-refractivity contribution < 1.29 is 9.18 Å². The van der Waals surface area contributed by atoms with Crippen molar-refractivity contribution in [2.24, 2.45) is 11.1 Å². The van der Waals surface area contributed by atoms with Crippen molar-refractivity contribution in [1.29, 1.82) is 0 Å². The molecule has 0 saturated carbocycles. The quantitative estimate of drug-likeness (QED) is 0.801. The molecule has 0 aliphatic rings. The molecule has 88 valence electrons. The topological polar surface area (TPSA) is 43.1 Å². The van der Waals surface area contributed by atoms with Crippen molar-refractivity contribution >= 4 is 5.78 Å². The van der Waals surface area contributed by atoms with Gasteiger partial charge in [-0.05, 0) is 26.0 Å². The fourth-order valence-corrected chi connectivity index (χ4v) is 1.28. The molecule has 0 fully saturated rings. The van der Waals surface area contributed by atoms with E-state index >= 15 is 0 Å². The molecule has 1 aromatic carbocycles. The molecular weight excluding hydrogens is 205 g/mol. The van der Waals surface area contributed by atoms with Crippen molar-refractivity contribution in [1.82, 2.24) is 0 Å². The van der Waals surface area contributed by atoms with Crippen LogP contribution < -0.4 is 5.73 Å². The molecule has 16 heavy (non-hydrogen) atoms. The van der Waals surface area contributed by atoms with Gasteiger partial charge in [0.2, 0.25) is 0 Å². The van der Waals surface area contributed by atoms with Crippen molar-refractivity contribution in [3.8, 4) is 0 Å². The molecule has 0 spiro atoms. The summed E-state index contributed by atoms with van der Waals surface area (Å²) in [7, 11) is 0. The van der Waals surface area contributed by atoms with E-state index in [-0.39, 0.29) is 5.78 Å². The molecule has 3 heteroatoms. The van der Waals surface area contributed by atoms with Crippen LogP contribution in [0.1, 0.15) is 38.1 Å². The summed E-state index contributed by atoms with van der Waals surface area (Å²) in [6.45, 7) is 7.15. The van der Waals surface area contributed by atoms with Gasteiger partial charge in [-0.3, -0.25) is 4.79 Å². The maximum atomic E-state index is 13.0. The Labute approximate surface area is 95.7 Å². The predicted molar refractivity (Wildman–Crippen MR) is 62.8 cm³/mol. The highest BCUT2D eigenvalue weighted by Gasteiger charge is 2.40. The van der Waals surface area contributed by atoms with Crippen LogP contribution in [0, 0.1) is 11.2 Å². The van der Waals surface area contributed by atoms with Crippen LogP contribution in [0.15, 0.2) is 24.3 Å². The summed E-state index contributed by atoms with van der Waals surface area (Å²) in [5.41, 5.74) is 4.95. The van der Waals surface area contributed by atoms with E-state index in [1.54, 1.807) is 33.8 Å². The Morgan fingerprint density at radius 2 is 1.81 bits per heavy atom. The lowest BCUT2D eigenvalue weighted by atomic mass is 9.70. The molecule has 1 aromatic rings. The van der Waals surface area contributed by atoms with Gasteiger partial charge in [0.25, 0.3) is 0 Å². The van der Waals surface area contributed by atoms with Gasteiger partial charge in [0, 0.05) is 16.5 Å². The minimum absolute atomic E-state index is 0.139. The summed E-state index contributed by atoms with van der Waals surface area (Å²) < 4.78 is 13.0. The number of rotatable bonds is 3. The van der Waals surface area contributed by atoms with Crippen molar-refractivity contribution in [3.63, 3.8) is 0 Å². The van der Waals surface area contributed by atoms with E-state index in [9.17, 15) is 9.18 Å². The first-order chi connectivity index (χ1) is 7.16. The van der Waals surface area contributed by atoms with Gasteiger partial charge in [-0.15, -0.1) is 0 Å². The molecule has 0 amide bonds. The predicted octanol–water partition coefficient (Wildman–Crippen LogP) is 2.77. The van der Waals surface area contributed by atoms with Gasteiger partial charge in [-0.2, -0.15) is 0 Å². The Morgan fingerprint density at radius 1 is 1.25 bits per heavy atom. The SMILES string of the molecule is CC(C)(N)C(C)(C)C(=O)c1cccc(F)c1. The van der Waals surface area contributed by atoms with Gasteiger partial charge in [-0.25, -0.2) is 4.39 Å². The van der Waals surface area contributed by atoms with E-state index in [4.69, 9.17) is 5.73 Å². The molecule has 0 radical (unpaired) electrons. The molecule has 0 aliphatic heterocycles. The summed E-state index contributed by atoms with van der Waals surface area (Å²) >= 11 is 0. The van der Waals surface area contributed by atoms with Gasteiger partial charge in [0.05, 0.1) is 0 Å². The third-order valence-electron chi connectivity index (χ3n) is 3.27. The minimum atomic E-state index is -0.735. The van der Waals surface area contributed by atoms with Crippen LogP contribution in [0.5, 0.6) is 0 Å². The lowest BCUT2D eigenvalue weighted by Gasteiger charge is -2.37. The highest BCUT2D eigenvalue weighted by atomic mass is 19.1. The van der Waals surface area contributed by atoms with Gasteiger partial charge in [0.15, 0.2) is 5.78 Å². The first-order valence-electron chi connectivity index (χ1n) is 5.25. The second-order valence-corrected chi connectivity index (χ2v) is 5.19. The van der Waals surface area contributed by atoms with Crippen LogP contribution in [0.25, 0.3) is 0 Å². The smallest absolute Gasteiger partial charge is 0.170 e. The van der Waals surface area contributed by atoms with Gasteiger partial charge < -0.3 is 5.73 Å². The minimum Gasteiger partial charge on any atom is -0.325 e. The Hall–Kier alpha value is -1.22. The zero-order valence-electron chi connectivity index (χ0n) is 10.2. The fraction of sp³-hybridized carbons (Fsp3) is 0.462. The summed E-state index contributed by atoms with van der Waals surface area (Å²) in [5, 5.41) is 0. The van der Waals surface area contributed by atoms with E-state index in [1.807, 2.05) is 0 Å². The normalized spacial score (nSPS) is 12.6. The highest BCUT2D eigenvalue weighted by Crippen LogP contribution is 2.32. The standard InChI is InChI=1S/C13H18FNO/c1-12(2,13(3,4)15)11(16)9-6-5-7-10(14)8-9/h5-8H,15H2,1-4H3. The first-order valence-corrected chi connectivity index (χ1v) is 5.25. The zero-order valence-corrected chi connectivity index (χ0v) is 10.2. The number of ketones is 1. The molecule has 0 heterocycles. The van der Waals surface area contributed by atoms with E-state index in [0.29, 0.717) is 5.56 Å². The number of hydrogen-bond donors (Lipinski definition) is 1. The van der Waals surface area contributed by atoms with E-state index in [1.165, 1.54) is 18.2 Å². The Bertz CT molecular complexity index is 405. The lowest BCUT2D eigenvalue weighted by molar-refractivity contribution is 0.0734. The van der Waals surface area contributed by atoms with Crippen LogP contribution in [-0.2, 0) is 0 Å². The highest BCUT2D eigenvalue weighted by molar-refractivity contribution is 6.00. The maximum absolute atomic E-state index is 13.0. The monoisotopic (exact) mass is 223 g/mol. The largest absolute Gasteiger partial charge is 0.325 e. The number of benzene rings is 1. The average molecular weight is 223 g/mol. The fourth-order valence-electron chi connectivity index (χ4n) is 1.28. The maximum Gasteiger partial charge on any atom is 0.170 e. The number of halogens is 1. The number of Topliss-reactive ketones (excluding diaryl/α,β-unsaturated/α-hetero) is 1. The van der Waals surface area contributed by atoms with Crippen LogP contribution in [0.4, 0.5) is 4.39 Å². The Balaban J connectivity index is 3.12. The van der Waals surface area contributed by atoms with Crippen LogP contribution >= 0.6 is 0 Å². The second-order valence-electron chi connectivity index (χ2n) is 5.19. The molecule has 0 aromatic heterocycles. The molecule has 2 N–H and O–H groups in total. The van der Waals surface area contributed by atoms with Gasteiger partial charge in [-0.1, -0.05) is 26.0 Å². The number of carbonyl (C=O) groups excluding carboxylic acids is 1. The summed E-state index contributed by atoms with van der Waals surface area (Å²) in [4.78, 5) is 12.2. The van der Waals surface area contributed by atoms with Gasteiger partial charge in [0.1, 0.15) is 5.82 Å². The zero-order chi connectivity index (χ0) is 12.6. The summed E-state index contributed by atoms with van der Waals surface area (Å²) in [5.74, 6) is -0.545. The molecule has 2 nitrogen and oxygen atoms in total. The third-order valence-corrected chi connectivity index (χ3v) is 3.27. The molecule has 0 unspecified atom stereocenters.